The van der Waals surface area contributed by atoms with E-state index in [1.165, 1.54) is 17.8 Å². The smallest absolute Gasteiger partial charge is 0.257 e. The van der Waals surface area contributed by atoms with E-state index >= 15 is 0 Å². The van der Waals surface area contributed by atoms with E-state index in [4.69, 9.17) is 0 Å². The minimum atomic E-state index is -0.834. The zero-order chi connectivity index (χ0) is 18.7. The Hall–Kier alpha value is -3.28. The zero-order valence-electron chi connectivity index (χ0n) is 14.3. The maximum atomic E-state index is 13.6. The first-order valence-electron chi connectivity index (χ1n) is 7.99. The second kappa shape index (κ2) is 7.31. The Morgan fingerprint density at radius 1 is 0.962 bits per heavy atom. The molecule has 1 aromatic heterocycles. The summed E-state index contributed by atoms with van der Waals surface area (Å²) in [7, 11) is 0. The Kier molecular flexibility index (Phi) is 4.93. The molecule has 0 aliphatic rings. The summed E-state index contributed by atoms with van der Waals surface area (Å²) in [5, 5.41) is 5.55. The van der Waals surface area contributed by atoms with E-state index < -0.39 is 17.5 Å². The number of carbonyl (C=O) groups is 1. The molecule has 26 heavy (non-hydrogen) atoms. The fraction of sp³-hybridized carbons (Fsp3) is 0.100. The van der Waals surface area contributed by atoms with Crippen LogP contribution in [0.3, 0.4) is 0 Å². The van der Waals surface area contributed by atoms with E-state index in [0.29, 0.717) is 11.9 Å². The number of nitrogens with zero attached hydrogens (tertiary/aromatic N) is 1. The van der Waals surface area contributed by atoms with E-state index in [9.17, 15) is 13.6 Å². The summed E-state index contributed by atoms with van der Waals surface area (Å²) in [5.74, 6) is -1.48. The van der Waals surface area contributed by atoms with Crippen LogP contribution in [0.2, 0.25) is 0 Å². The first-order valence-corrected chi connectivity index (χ1v) is 7.99. The number of halogens is 2. The summed E-state index contributed by atoms with van der Waals surface area (Å²) in [6.45, 7) is 4.06. The van der Waals surface area contributed by atoms with Gasteiger partial charge in [0.05, 0.1) is 11.3 Å². The van der Waals surface area contributed by atoms with Crippen LogP contribution in [-0.2, 0) is 0 Å². The lowest BCUT2D eigenvalue weighted by molar-refractivity contribution is 0.102. The summed E-state index contributed by atoms with van der Waals surface area (Å²) in [4.78, 5) is 16.4. The third-order valence-electron chi connectivity index (χ3n) is 3.98. The van der Waals surface area contributed by atoms with Crippen LogP contribution in [0.1, 0.15) is 21.5 Å². The lowest BCUT2D eigenvalue weighted by atomic mass is 10.1. The highest BCUT2D eigenvalue weighted by molar-refractivity contribution is 6.04. The van der Waals surface area contributed by atoms with Gasteiger partial charge in [-0.15, -0.1) is 0 Å². The topological polar surface area (TPSA) is 54.0 Å². The quantitative estimate of drug-likeness (QED) is 0.696. The van der Waals surface area contributed by atoms with Crippen LogP contribution < -0.4 is 10.6 Å². The minimum absolute atomic E-state index is 0.0891. The third-order valence-corrected chi connectivity index (χ3v) is 3.98. The van der Waals surface area contributed by atoms with Crippen molar-refractivity contribution in [3.8, 4) is 0 Å². The van der Waals surface area contributed by atoms with Gasteiger partial charge in [-0.1, -0.05) is 6.07 Å². The van der Waals surface area contributed by atoms with Crippen LogP contribution in [0.5, 0.6) is 0 Å². The summed E-state index contributed by atoms with van der Waals surface area (Å²) in [6, 6.07) is 12.2. The summed E-state index contributed by atoms with van der Waals surface area (Å²) < 4.78 is 26.5. The maximum absolute atomic E-state index is 13.6. The second-order valence-corrected chi connectivity index (χ2v) is 5.93. The van der Waals surface area contributed by atoms with E-state index in [1.807, 2.05) is 32.0 Å². The molecule has 2 N–H and O–H groups in total. The predicted molar refractivity (Wildman–Crippen MR) is 97.7 cm³/mol. The van der Waals surface area contributed by atoms with E-state index in [-0.39, 0.29) is 11.3 Å². The van der Waals surface area contributed by atoms with Crippen molar-refractivity contribution in [1.82, 2.24) is 4.98 Å². The average Bonchev–Trinajstić information content (AvgIpc) is 2.61. The van der Waals surface area contributed by atoms with Crippen LogP contribution in [0, 0.1) is 25.5 Å². The molecule has 132 valence electrons. The minimum Gasteiger partial charge on any atom is -0.340 e. The normalized spacial score (nSPS) is 10.5. The molecule has 0 radical (unpaired) electrons. The van der Waals surface area contributed by atoms with Crippen molar-refractivity contribution in [2.45, 2.75) is 13.8 Å². The van der Waals surface area contributed by atoms with Gasteiger partial charge in [0, 0.05) is 18.0 Å². The van der Waals surface area contributed by atoms with E-state index in [2.05, 4.69) is 15.6 Å². The van der Waals surface area contributed by atoms with Gasteiger partial charge >= 0.3 is 0 Å². The first-order chi connectivity index (χ1) is 12.4. The van der Waals surface area contributed by atoms with Gasteiger partial charge in [-0.3, -0.25) is 4.79 Å². The number of aryl methyl sites for hydroxylation is 2. The lowest BCUT2D eigenvalue weighted by Gasteiger charge is -2.09. The highest BCUT2D eigenvalue weighted by Gasteiger charge is 2.11. The predicted octanol–water partition coefficient (Wildman–Crippen LogP) is 4.97. The van der Waals surface area contributed by atoms with Gasteiger partial charge in [0.1, 0.15) is 17.5 Å². The molecule has 6 heteroatoms. The van der Waals surface area contributed by atoms with Crippen molar-refractivity contribution >= 4 is 23.1 Å². The van der Waals surface area contributed by atoms with E-state index in [0.717, 1.165) is 17.3 Å². The van der Waals surface area contributed by atoms with Crippen molar-refractivity contribution in [1.29, 1.82) is 0 Å². The average molecular weight is 353 g/mol. The van der Waals surface area contributed by atoms with Crippen molar-refractivity contribution in [3.63, 3.8) is 0 Å². The molecule has 1 amide bonds. The van der Waals surface area contributed by atoms with Crippen molar-refractivity contribution in [3.05, 3.63) is 83.1 Å². The Labute approximate surface area is 149 Å². The van der Waals surface area contributed by atoms with Gasteiger partial charge in [-0.2, -0.15) is 0 Å². The number of hydrogen-bond donors (Lipinski definition) is 2. The molecule has 0 unspecified atom stereocenters. The highest BCUT2D eigenvalue weighted by atomic mass is 19.1. The van der Waals surface area contributed by atoms with E-state index in [1.54, 1.807) is 12.1 Å². The van der Waals surface area contributed by atoms with Crippen LogP contribution in [0.15, 0.2) is 54.7 Å². The largest absolute Gasteiger partial charge is 0.340 e. The monoisotopic (exact) mass is 353 g/mol. The molecule has 0 aliphatic carbocycles. The maximum Gasteiger partial charge on any atom is 0.257 e. The number of benzene rings is 2. The molecule has 0 bridgehead atoms. The number of anilines is 3. The SMILES string of the molecule is Cc1ccc(Nc2ccc(C(=O)Nc3ccc(F)cc3F)cn2)cc1C. The Morgan fingerprint density at radius 3 is 2.42 bits per heavy atom. The number of nitrogens with one attached hydrogen (secondary N) is 2. The molecule has 0 fully saturated rings. The molecule has 1 heterocycles. The van der Waals surface area contributed by atoms with Gasteiger partial charge in [0.25, 0.3) is 5.91 Å². The van der Waals surface area contributed by atoms with Crippen molar-refractivity contribution in [2.75, 3.05) is 10.6 Å². The third kappa shape index (κ3) is 4.03. The molecule has 0 aliphatic heterocycles. The molecule has 0 spiro atoms. The van der Waals surface area contributed by atoms with Crippen LogP contribution >= 0.6 is 0 Å². The van der Waals surface area contributed by atoms with Crippen molar-refractivity contribution in [2.24, 2.45) is 0 Å². The molecule has 3 aromatic rings. The molecule has 0 saturated heterocycles. The Morgan fingerprint density at radius 2 is 1.77 bits per heavy atom. The number of rotatable bonds is 4. The number of pyridine rings is 1. The van der Waals surface area contributed by atoms with Gasteiger partial charge < -0.3 is 10.6 Å². The lowest BCUT2D eigenvalue weighted by Crippen LogP contribution is -2.13. The van der Waals surface area contributed by atoms with Crippen molar-refractivity contribution < 1.29 is 13.6 Å². The van der Waals surface area contributed by atoms with Crippen LogP contribution in [-0.4, -0.2) is 10.9 Å². The van der Waals surface area contributed by atoms with Crippen LogP contribution in [0.25, 0.3) is 0 Å². The highest BCUT2D eigenvalue weighted by Crippen LogP contribution is 2.19. The number of carbonyl (C=O) groups excluding carboxylic acids is 1. The first kappa shape index (κ1) is 17.5. The molecular formula is C20H17F2N3O. The fourth-order valence-corrected chi connectivity index (χ4v) is 2.35. The zero-order valence-corrected chi connectivity index (χ0v) is 14.3. The number of amides is 1. The summed E-state index contributed by atoms with van der Waals surface area (Å²) in [6.07, 6.45) is 1.39. The van der Waals surface area contributed by atoms with Gasteiger partial charge in [0.15, 0.2) is 0 Å². The molecular weight excluding hydrogens is 336 g/mol. The standard InChI is InChI=1S/C20H17F2N3O/c1-12-3-6-16(9-13(12)2)24-19-8-4-14(11-23-19)20(26)25-18-7-5-15(21)10-17(18)22/h3-11H,1-2H3,(H,23,24)(H,25,26). The Bertz CT molecular complexity index is 956. The summed E-state index contributed by atoms with van der Waals surface area (Å²) in [5.41, 5.74) is 3.43. The van der Waals surface area contributed by atoms with Gasteiger partial charge in [-0.05, 0) is 61.4 Å². The Balaban J connectivity index is 1.70. The van der Waals surface area contributed by atoms with Gasteiger partial charge in [0.2, 0.25) is 0 Å². The number of aromatic nitrogens is 1. The molecule has 2 aromatic carbocycles. The summed E-state index contributed by atoms with van der Waals surface area (Å²) >= 11 is 0. The molecule has 4 nitrogen and oxygen atoms in total. The van der Waals surface area contributed by atoms with Gasteiger partial charge in [-0.25, -0.2) is 13.8 Å². The molecule has 0 saturated carbocycles. The molecule has 0 atom stereocenters. The van der Waals surface area contributed by atoms with Crippen LogP contribution in [0.4, 0.5) is 26.0 Å². The fourth-order valence-electron chi connectivity index (χ4n) is 2.35. The second-order valence-electron chi connectivity index (χ2n) is 5.93. The number of hydrogen-bond acceptors (Lipinski definition) is 3. The molecule has 3 rings (SSSR count).